The van der Waals surface area contributed by atoms with Crippen molar-refractivity contribution in [3.05, 3.63) is 114 Å². The van der Waals surface area contributed by atoms with Gasteiger partial charge in [0.25, 0.3) is 0 Å². The van der Waals surface area contributed by atoms with Crippen LogP contribution in [0, 0.1) is 12.0 Å². The summed E-state index contributed by atoms with van der Waals surface area (Å²) in [6.07, 6.45) is 4.86. The second-order valence-electron chi connectivity index (χ2n) is 10.2. The predicted molar refractivity (Wildman–Crippen MR) is 170 cm³/mol. The zero-order valence-corrected chi connectivity index (χ0v) is 27.9. The first-order valence-electron chi connectivity index (χ1n) is 13.7. The van der Waals surface area contributed by atoms with E-state index in [0.717, 1.165) is 15.9 Å². The van der Waals surface area contributed by atoms with Crippen LogP contribution in [0.3, 0.4) is 0 Å². The number of benzene rings is 4. The zero-order valence-electron chi connectivity index (χ0n) is 22.9. The Kier molecular flexibility index (Phi) is 11.8. The van der Waals surface area contributed by atoms with Gasteiger partial charge in [-0.05, 0) is 24.3 Å². The van der Waals surface area contributed by atoms with Gasteiger partial charge >= 0.3 is 37.9 Å². The van der Waals surface area contributed by atoms with Crippen LogP contribution in [0.1, 0.15) is 44.7 Å². The van der Waals surface area contributed by atoms with E-state index in [9.17, 15) is 0 Å². The first-order valence-corrected chi connectivity index (χ1v) is 21.0. The van der Waals surface area contributed by atoms with E-state index in [4.69, 9.17) is 17.0 Å². The molecule has 0 atom stereocenters. The van der Waals surface area contributed by atoms with Crippen molar-refractivity contribution in [2.75, 3.05) is 0 Å². The molecule has 0 unspecified atom stereocenters. The molecule has 0 aliphatic carbocycles. The number of rotatable bonds is 6. The van der Waals surface area contributed by atoms with Gasteiger partial charge in [0.1, 0.15) is 0 Å². The Morgan fingerprint density at radius 2 is 1.62 bits per heavy atom. The smallest absolute Gasteiger partial charge is 0.0920 e. The van der Waals surface area contributed by atoms with Crippen LogP contribution in [-0.2, 0) is 33.7 Å². The maximum atomic E-state index is 4.93. The van der Waals surface area contributed by atoms with E-state index >= 15 is 0 Å². The maximum absolute atomic E-state index is 4.93. The second kappa shape index (κ2) is 15.2. The quantitative estimate of drug-likeness (QED) is 0.125. The second-order valence-corrected chi connectivity index (χ2v) is 15.3. The Labute approximate surface area is 255 Å². The molecule has 196 valence electrons. The molecule has 0 N–H and O–H groups in total. The van der Waals surface area contributed by atoms with Crippen LogP contribution in [0.2, 0.25) is 0 Å². The van der Waals surface area contributed by atoms with E-state index in [2.05, 4.69) is 118 Å². The zero-order chi connectivity index (χ0) is 27.6. The van der Waals surface area contributed by atoms with Gasteiger partial charge in [-0.2, -0.15) is 35.5 Å². The largest absolute Gasteiger partial charge is 0.184 e. The van der Waals surface area contributed by atoms with Crippen molar-refractivity contribution in [2.24, 2.45) is 5.92 Å². The summed E-state index contributed by atoms with van der Waals surface area (Å²) < 4.78 is 0. The molecular weight excluding hydrogens is 611 g/mol. The summed E-state index contributed by atoms with van der Waals surface area (Å²) in [5.74, 6) is 0.671. The summed E-state index contributed by atoms with van der Waals surface area (Å²) in [5.41, 5.74) is 8.53. The summed E-state index contributed by atoms with van der Waals surface area (Å²) in [5, 5.41) is 5.64. The molecular formula is C35H34Cl2SiZr. The Balaban J connectivity index is 0.000000184. The van der Waals surface area contributed by atoms with Crippen molar-refractivity contribution < 1.29 is 20.8 Å². The number of hydrogen-bond acceptors (Lipinski definition) is 0. The maximum Gasteiger partial charge on any atom is 0.0920 e. The number of hydrogen-bond donors (Lipinski definition) is 0. The monoisotopic (exact) mass is 642 g/mol. The van der Waals surface area contributed by atoms with Gasteiger partial charge in [0.15, 0.2) is 0 Å². The number of unbranched alkanes of at least 4 members (excludes halogenated alkanes) is 1. The van der Waals surface area contributed by atoms with Gasteiger partial charge in [0.05, 0.1) is 9.52 Å². The first kappa shape index (κ1) is 30.1. The van der Waals surface area contributed by atoms with Gasteiger partial charge in [-0.15, -0.1) is 40.1 Å². The molecule has 4 heteroatoms. The van der Waals surface area contributed by atoms with Gasteiger partial charge < -0.3 is 0 Å². The van der Waals surface area contributed by atoms with Gasteiger partial charge in [-0.1, -0.05) is 110 Å². The van der Waals surface area contributed by atoms with Crippen molar-refractivity contribution in [1.29, 1.82) is 0 Å². The Morgan fingerprint density at radius 3 is 2.36 bits per heavy atom. The Morgan fingerprint density at radius 1 is 0.897 bits per heavy atom. The topological polar surface area (TPSA) is 0 Å². The van der Waals surface area contributed by atoms with Gasteiger partial charge in [-0.25, -0.2) is 0 Å². The molecule has 0 nitrogen and oxygen atoms in total. The standard InChI is InChI=1S/C23H27.C12H7Si.2ClH.Zr/c1-4-5-9-18-15-20-12-13-21(14-17(2)3)23(22(20)16-18)19-10-7-6-8-11-19;1-3-7-11-9(5-1)10-6-2-4-8-12(10)13-11;;;/h6-8,10-13,15-17H,4-5,9,14H2,1-3H3;1-7H;2*1H;/q2*-1;;;+4/p-2. The molecule has 39 heavy (non-hydrogen) atoms. The third-order valence-corrected chi connectivity index (χ3v) is 8.25. The molecule has 0 bridgehead atoms. The van der Waals surface area contributed by atoms with E-state index < -0.39 is 20.8 Å². The summed E-state index contributed by atoms with van der Waals surface area (Å²) in [6, 6.07) is 38.5. The molecule has 0 aromatic heterocycles. The molecule has 0 fully saturated rings. The van der Waals surface area contributed by atoms with Crippen LogP contribution in [0.25, 0.3) is 33.0 Å². The van der Waals surface area contributed by atoms with Gasteiger partial charge in [-0.3, -0.25) is 0 Å². The molecule has 2 radical (unpaired) electrons. The minimum absolute atomic E-state index is 0.671. The third-order valence-electron chi connectivity index (χ3n) is 6.88. The van der Waals surface area contributed by atoms with Crippen LogP contribution in [0.5, 0.6) is 0 Å². The summed E-state index contributed by atoms with van der Waals surface area (Å²) >= 11 is -0.826. The fourth-order valence-corrected chi connectivity index (χ4v) is 6.51. The van der Waals surface area contributed by atoms with Crippen molar-refractivity contribution in [3.8, 4) is 22.3 Å². The normalized spacial score (nSPS) is 11.1. The average molecular weight is 645 g/mol. The first-order chi connectivity index (χ1) is 19.0. The molecule has 6 rings (SSSR count). The van der Waals surface area contributed by atoms with E-state index in [1.54, 1.807) is 0 Å². The van der Waals surface area contributed by atoms with E-state index in [1.807, 2.05) is 6.07 Å². The molecule has 1 heterocycles. The molecule has 0 saturated carbocycles. The molecule has 0 amide bonds. The summed E-state index contributed by atoms with van der Waals surface area (Å²) in [4.78, 5) is 0. The van der Waals surface area contributed by atoms with Crippen molar-refractivity contribution in [3.63, 3.8) is 0 Å². The third kappa shape index (κ3) is 7.89. The van der Waals surface area contributed by atoms with Crippen LogP contribution < -0.4 is 10.4 Å². The molecule has 0 saturated heterocycles. The van der Waals surface area contributed by atoms with Crippen LogP contribution >= 0.6 is 17.0 Å². The van der Waals surface area contributed by atoms with Crippen molar-refractivity contribution >= 4 is 47.7 Å². The number of halogens is 2. The molecule has 5 aromatic carbocycles. The fraction of sp³-hybridized carbons (Fsp3) is 0.229. The van der Waals surface area contributed by atoms with Crippen LogP contribution in [-0.4, -0.2) is 9.52 Å². The summed E-state index contributed by atoms with van der Waals surface area (Å²) in [6.45, 7) is 6.87. The van der Waals surface area contributed by atoms with E-state index in [1.165, 1.54) is 73.8 Å². The van der Waals surface area contributed by atoms with Gasteiger partial charge in [0.2, 0.25) is 0 Å². The average Bonchev–Trinajstić information content (AvgIpc) is 3.54. The van der Waals surface area contributed by atoms with E-state index in [-0.39, 0.29) is 0 Å². The Hall–Kier alpha value is -1.83. The molecule has 5 aromatic rings. The molecule has 1 aliphatic heterocycles. The Bertz CT molecular complexity index is 1430. The van der Waals surface area contributed by atoms with Crippen LogP contribution in [0.15, 0.2) is 97.1 Å². The minimum atomic E-state index is -0.826. The van der Waals surface area contributed by atoms with Gasteiger partial charge in [0, 0.05) is 0 Å². The van der Waals surface area contributed by atoms with Crippen molar-refractivity contribution in [1.82, 2.24) is 0 Å². The van der Waals surface area contributed by atoms with E-state index in [0.29, 0.717) is 5.92 Å². The SMILES string of the molecule is CCCCc1cc2c(-c3ccccc3)c(CC(C)C)ccc2[cH-]1.[Cl][Zr+2][Cl].[c-]1cccc2c1[Si]c1ccccc1-2. The fourth-order valence-electron chi connectivity index (χ4n) is 5.20. The number of aryl methyl sites for hydroxylation is 1. The minimum Gasteiger partial charge on any atom is -0.184 e. The molecule has 0 spiro atoms. The van der Waals surface area contributed by atoms with Crippen molar-refractivity contribution in [2.45, 2.75) is 46.5 Å². The summed E-state index contributed by atoms with van der Waals surface area (Å²) in [7, 11) is 10.7. The van der Waals surface area contributed by atoms with Crippen LogP contribution in [0.4, 0.5) is 0 Å². The number of fused-ring (bicyclic) bond motifs is 4. The predicted octanol–water partition coefficient (Wildman–Crippen LogP) is 9.27. The molecule has 1 aliphatic rings.